The molecule has 0 aliphatic carbocycles. The number of hydrogen-bond acceptors (Lipinski definition) is 1. The highest BCUT2D eigenvalue weighted by atomic mass is 35.5. The number of carbonyl (C=O) groups is 1. The van der Waals surface area contributed by atoms with Crippen molar-refractivity contribution in [3.8, 4) is 0 Å². The summed E-state index contributed by atoms with van der Waals surface area (Å²) >= 11 is 3.42. The van der Waals surface area contributed by atoms with Crippen LogP contribution in [0.25, 0.3) is 0 Å². The first kappa shape index (κ1) is 18.2. The molecule has 0 radical (unpaired) electrons. The Balaban J connectivity index is 5.99. The van der Waals surface area contributed by atoms with Gasteiger partial charge >= 0.3 is 35.1 Å². The van der Waals surface area contributed by atoms with Gasteiger partial charge in [-0.2, -0.15) is 48.3 Å². The molecule has 0 atom stereocenters. The lowest BCUT2D eigenvalue weighted by Gasteiger charge is -2.36. The van der Waals surface area contributed by atoms with Gasteiger partial charge in [-0.1, -0.05) is 0 Å². The Bertz CT molecular complexity index is 370. The van der Waals surface area contributed by atoms with E-state index in [1.807, 2.05) is 0 Å². The van der Waals surface area contributed by atoms with Crippen LogP contribution in [0.15, 0.2) is 0 Å². The highest BCUT2D eigenvalue weighted by Gasteiger charge is 2.87. The molecule has 0 aliphatic rings. The Labute approximate surface area is 101 Å². The highest BCUT2D eigenvalue weighted by Crippen LogP contribution is 2.58. The Morgan fingerprint density at radius 3 is 1.21 bits per heavy atom. The second kappa shape index (κ2) is 4.35. The second-order valence-corrected chi connectivity index (χ2v) is 3.54. The van der Waals surface area contributed by atoms with Crippen LogP contribution in [0.2, 0.25) is 0 Å². The predicted molar refractivity (Wildman–Crippen MR) is 36.7 cm³/mol. The summed E-state index contributed by atoms with van der Waals surface area (Å²) in [6, 6.07) is -4.41. The third-order valence-electron chi connectivity index (χ3n) is 1.79. The summed E-state index contributed by atoms with van der Waals surface area (Å²) < 4.78 is 134. The minimum Gasteiger partial charge on any atom is -0.254 e. The van der Waals surface area contributed by atoms with E-state index in [4.69, 9.17) is 0 Å². The zero-order chi connectivity index (χ0) is 16.1. The van der Waals surface area contributed by atoms with E-state index in [1.54, 1.807) is 0 Å². The minimum atomic E-state index is -7.52. The average molecular weight is 332 g/mol. The molecule has 13 heteroatoms. The largest absolute Gasteiger partial charge is 0.404 e. The lowest BCUT2D eigenvalue weighted by Crippen LogP contribution is -2.67. The quantitative estimate of drug-likeness (QED) is 0.424. The van der Waals surface area contributed by atoms with Crippen LogP contribution in [0.1, 0.15) is 0 Å². The van der Waals surface area contributed by atoms with Crippen molar-refractivity contribution in [3.63, 3.8) is 0 Å². The Morgan fingerprint density at radius 1 is 0.684 bits per heavy atom. The maximum atomic E-state index is 12.5. The van der Waals surface area contributed by atoms with E-state index >= 15 is 0 Å². The van der Waals surface area contributed by atoms with Gasteiger partial charge in [0.2, 0.25) is 0 Å². The third kappa shape index (κ3) is 2.34. The molecule has 0 aromatic heterocycles. The maximum Gasteiger partial charge on any atom is 0.404 e. The molecular weight excluding hydrogens is 332 g/mol. The van der Waals surface area contributed by atoms with Crippen LogP contribution in [0.4, 0.5) is 48.3 Å². The average Bonchev–Trinajstić information content (AvgIpc) is 2.14. The standard InChI is InChI=1S/C6ClF11O/c7-6(17,18)5(15,16)4(13,14)3(11,12)2(9,10)1(8)19. The van der Waals surface area contributed by atoms with Gasteiger partial charge in [0.25, 0.3) is 0 Å². The number of rotatable bonds is 5. The zero-order valence-electron chi connectivity index (χ0n) is 7.94. The van der Waals surface area contributed by atoms with Crippen LogP contribution < -0.4 is 0 Å². The summed E-state index contributed by atoms with van der Waals surface area (Å²) in [5, 5.41) is -6.37. The topological polar surface area (TPSA) is 17.1 Å². The summed E-state index contributed by atoms with van der Waals surface area (Å²) in [7, 11) is 0. The molecule has 1 nitrogen and oxygen atoms in total. The van der Waals surface area contributed by atoms with E-state index in [0.29, 0.717) is 0 Å². The monoisotopic (exact) mass is 332 g/mol. The fourth-order valence-corrected chi connectivity index (χ4v) is 0.814. The lowest BCUT2D eigenvalue weighted by molar-refractivity contribution is -0.383. The molecule has 0 saturated carbocycles. The first-order valence-electron chi connectivity index (χ1n) is 3.72. The van der Waals surface area contributed by atoms with E-state index in [2.05, 4.69) is 11.6 Å². The van der Waals surface area contributed by atoms with E-state index < -0.39 is 35.1 Å². The van der Waals surface area contributed by atoms with E-state index in [0.717, 1.165) is 0 Å². The van der Waals surface area contributed by atoms with Crippen molar-refractivity contribution in [1.29, 1.82) is 0 Å². The molecule has 0 N–H and O–H groups in total. The van der Waals surface area contributed by atoms with Gasteiger partial charge in [-0.3, -0.25) is 4.79 Å². The van der Waals surface area contributed by atoms with Gasteiger partial charge in [0.05, 0.1) is 0 Å². The summed E-state index contributed by atoms with van der Waals surface area (Å²) in [5.41, 5.74) is 0. The van der Waals surface area contributed by atoms with Crippen LogP contribution in [-0.2, 0) is 4.79 Å². The first-order valence-corrected chi connectivity index (χ1v) is 4.10. The Hall–Kier alpha value is -0.810. The summed E-state index contributed by atoms with van der Waals surface area (Å²) in [6.07, 6.45) is 0. The van der Waals surface area contributed by atoms with E-state index in [9.17, 15) is 53.1 Å². The Morgan fingerprint density at radius 2 is 1.00 bits per heavy atom. The van der Waals surface area contributed by atoms with Gasteiger partial charge in [-0.25, -0.2) is 0 Å². The van der Waals surface area contributed by atoms with Crippen molar-refractivity contribution in [2.45, 2.75) is 29.1 Å². The molecule has 0 aromatic rings. The van der Waals surface area contributed by atoms with Crippen LogP contribution in [0.5, 0.6) is 0 Å². The molecule has 114 valence electrons. The summed E-state index contributed by atoms with van der Waals surface area (Å²) in [4.78, 5) is 9.44. The normalized spacial score (nSPS) is 15.6. The van der Waals surface area contributed by atoms with Crippen LogP contribution in [-0.4, -0.2) is 35.1 Å². The van der Waals surface area contributed by atoms with Crippen molar-refractivity contribution in [3.05, 3.63) is 0 Å². The molecule has 0 rings (SSSR count). The fourth-order valence-electron chi connectivity index (χ4n) is 0.696. The van der Waals surface area contributed by atoms with Crippen molar-refractivity contribution >= 4 is 17.6 Å². The number of halogens is 12. The molecule has 0 bridgehead atoms. The van der Waals surface area contributed by atoms with Gasteiger partial charge in [0.15, 0.2) is 0 Å². The van der Waals surface area contributed by atoms with Crippen molar-refractivity contribution < 1.29 is 53.1 Å². The highest BCUT2D eigenvalue weighted by molar-refractivity contribution is 6.22. The van der Waals surface area contributed by atoms with Gasteiger partial charge in [-0.05, 0) is 11.6 Å². The first-order chi connectivity index (χ1) is 7.94. The molecule has 0 aromatic carbocycles. The molecule has 0 fully saturated rings. The van der Waals surface area contributed by atoms with E-state index in [1.165, 1.54) is 0 Å². The molecule has 0 amide bonds. The number of hydrogen-bond donors (Lipinski definition) is 0. The van der Waals surface area contributed by atoms with Gasteiger partial charge in [-0.15, -0.1) is 0 Å². The molecule has 0 spiro atoms. The molecular formula is C6ClF11O. The molecule has 0 unspecified atom stereocenters. The second-order valence-electron chi connectivity index (χ2n) is 3.07. The predicted octanol–water partition coefficient (Wildman–Crippen LogP) is 3.86. The fraction of sp³-hybridized carbons (Fsp3) is 0.833. The number of carbonyl (C=O) groups excluding carboxylic acids is 1. The van der Waals surface area contributed by atoms with Crippen molar-refractivity contribution in [1.82, 2.24) is 0 Å². The summed E-state index contributed by atoms with van der Waals surface area (Å²) in [6.45, 7) is 0. The maximum absolute atomic E-state index is 12.5. The van der Waals surface area contributed by atoms with Crippen LogP contribution >= 0.6 is 11.6 Å². The number of alkyl halides is 11. The van der Waals surface area contributed by atoms with Gasteiger partial charge < -0.3 is 0 Å². The van der Waals surface area contributed by atoms with Crippen LogP contribution in [0.3, 0.4) is 0 Å². The van der Waals surface area contributed by atoms with E-state index in [-0.39, 0.29) is 0 Å². The minimum absolute atomic E-state index is 3.42. The summed E-state index contributed by atoms with van der Waals surface area (Å²) in [5.74, 6) is -29.1. The van der Waals surface area contributed by atoms with Crippen molar-refractivity contribution in [2.75, 3.05) is 0 Å². The zero-order valence-corrected chi connectivity index (χ0v) is 8.70. The van der Waals surface area contributed by atoms with Crippen molar-refractivity contribution in [2.24, 2.45) is 0 Å². The molecule has 0 aliphatic heterocycles. The van der Waals surface area contributed by atoms with Gasteiger partial charge in [0.1, 0.15) is 0 Å². The Kier molecular flexibility index (Phi) is 4.16. The smallest absolute Gasteiger partial charge is 0.254 e. The molecule has 19 heavy (non-hydrogen) atoms. The molecule has 0 saturated heterocycles. The lowest BCUT2D eigenvalue weighted by atomic mass is 9.99. The van der Waals surface area contributed by atoms with Crippen LogP contribution in [0, 0.1) is 0 Å². The SMILES string of the molecule is O=C(F)C(F)(F)C(F)(F)C(F)(F)C(F)(F)C(F)(F)Cl. The molecule has 0 heterocycles. The van der Waals surface area contributed by atoms with Gasteiger partial charge in [0, 0.05) is 0 Å². The third-order valence-corrected chi connectivity index (χ3v) is 2.02.